The van der Waals surface area contributed by atoms with Crippen molar-refractivity contribution in [2.45, 2.75) is 44.1 Å². The molecule has 2 aliphatic rings. The number of carbonyl (C=O) groups is 1. The first-order chi connectivity index (χ1) is 10.1. The van der Waals surface area contributed by atoms with Crippen LogP contribution in [0.1, 0.15) is 38.5 Å². The van der Waals surface area contributed by atoms with Crippen molar-refractivity contribution in [3.05, 3.63) is 0 Å². The van der Waals surface area contributed by atoms with E-state index in [1.807, 2.05) is 7.05 Å². The zero-order valence-electron chi connectivity index (χ0n) is 13.8. The topological polar surface area (TPSA) is 47.6 Å². The second-order valence-corrected chi connectivity index (χ2v) is 6.76. The van der Waals surface area contributed by atoms with Crippen LogP contribution >= 0.6 is 0 Å². The van der Waals surface area contributed by atoms with Gasteiger partial charge in [0.05, 0.1) is 0 Å². The SMILES string of the molecule is CNC1(CC(=O)NCCN2CCN(C)CC2)CCCCC1. The molecular formula is C16H32N4O. The van der Waals surface area contributed by atoms with E-state index in [9.17, 15) is 4.79 Å². The standard InChI is InChI=1S/C16H32N4O/c1-17-16(6-4-3-5-7-16)14-15(21)18-8-9-20-12-10-19(2)11-13-20/h17H,3-14H2,1-2H3,(H,18,21). The molecule has 0 bridgehead atoms. The van der Waals surface area contributed by atoms with Crippen LogP contribution < -0.4 is 10.6 Å². The highest BCUT2D eigenvalue weighted by molar-refractivity contribution is 5.77. The van der Waals surface area contributed by atoms with Gasteiger partial charge in [0.25, 0.3) is 0 Å². The third-order valence-corrected chi connectivity index (χ3v) is 5.19. The highest BCUT2D eigenvalue weighted by Gasteiger charge is 2.32. The van der Waals surface area contributed by atoms with E-state index < -0.39 is 0 Å². The van der Waals surface area contributed by atoms with E-state index in [0.717, 1.165) is 52.1 Å². The number of hydrogen-bond donors (Lipinski definition) is 2. The largest absolute Gasteiger partial charge is 0.355 e. The van der Waals surface area contributed by atoms with E-state index in [2.05, 4.69) is 27.5 Å². The van der Waals surface area contributed by atoms with E-state index in [1.165, 1.54) is 19.3 Å². The van der Waals surface area contributed by atoms with E-state index in [4.69, 9.17) is 0 Å². The molecule has 21 heavy (non-hydrogen) atoms. The molecule has 0 aromatic carbocycles. The van der Waals surface area contributed by atoms with Crippen molar-refractivity contribution in [1.82, 2.24) is 20.4 Å². The van der Waals surface area contributed by atoms with Gasteiger partial charge in [-0.15, -0.1) is 0 Å². The lowest BCUT2D eigenvalue weighted by Crippen LogP contribution is -2.50. The van der Waals surface area contributed by atoms with Gasteiger partial charge in [-0.05, 0) is 26.9 Å². The van der Waals surface area contributed by atoms with E-state index in [-0.39, 0.29) is 11.4 Å². The van der Waals surface area contributed by atoms with Crippen LogP contribution in [0.15, 0.2) is 0 Å². The molecule has 1 heterocycles. The molecule has 0 aromatic rings. The molecule has 2 N–H and O–H groups in total. The van der Waals surface area contributed by atoms with Gasteiger partial charge in [0.15, 0.2) is 0 Å². The monoisotopic (exact) mass is 296 g/mol. The third-order valence-electron chi connectivity index (χ3n) is 5.19. The number of nitrogens with zero attached hydrogens (tertiary/aromatic N) is 2. The van der Waals surface area contributed by atoms with Gasteiger partial charge in [-0.25, -0.2) is 0 Å². The summed E-state index contributed by atoms with van der Waals surface area (Å²) in [6.07, 6.45) is 6.70. The Hall–Kier alpha value is -0.650. The molecule has 1 saturated carbocycles. The Kier molecular flexibility index (Phi) is 6.45. The number of rotatable bonds is 6. The summed E-state index contributed by atoms with van der Waals surface area (Å²) in [5.41, 5.74) is 0.0518. The summed E-state index contributed by atoms with van der Waals surface area (Å²) >= 11 is 0. The number of amides is 1. The molecule has 0 radical (unpaired) electrons. The fourth-order valence-corrected chi connectivity index (χ4v) is 3.54. The third kappa shape index (κ3) is 5.24. The van der Waals surface area contributed by atoms with Crippen LogP contribution in [0, 0.1) is 0 Å². The first kappa shape index (κ1) is 16.7. The summed E-state index contributed by atoms with van der Waals surface area (Å²) in [7, 11) is 4.17. The lowest BCUT2D eigenvalue weighted by Gasteiger charge is -2.37. The molecule has 2 fully saturated rings. The smallest absolute Gasteiger partial charge is 0.221 e. The lowest BCUT2D eigenvalue weighted by atomic mass is 9.79. The molecule has 1 saturated heterocycles. The van der Waals surface area contributed by atoms with Crippen molar-refractivity contribution in [2.75, 3.05) is 53.4 Å². The molecule has 0 unspecified atom stereocenters. The molecular weight excluding hydrogens is 264 g/mol. The summed E-state index contributed by atoms with van der Waals surface area (Å²) in [5.74, 6) is 0.209. The van der Waals surface area contributed by atoms with Crippen molar-refractivity contribution >= 4 is 5.91 Å². The maximum Gasteiger partial charge on any atom is 0.221 e. The minimum atomic E-state index is 0.0518. The number of hydrogen-bond acceptors (Lipinski definition) is 4. The normalized spacial score (nSPS) is 23.9. The summed E-state index contributed by atoms with van der Waals surface area (Å²) < 4.78 is 0. The lowest BCUT2D eigenvalue weighted by molar-refractivity contribution is -0.123. The summed E-state index contributed by atoms with van der Waals surface area (Å²) in [5, 5.41) is 6.53. The van der Waals surface area contributed by atoms with Crippen molar-refractivity contribution in [3.8, 4) is 0 Å². The Balaban J connectivity index is 1.65. The van der Waals surface area contributed by atoms with Gasteiger partial charge in [0.2, 0.25) is 5.91 Å². The second kappa shape index (κ2) is 8.11. The van der Waals surface area contributed by atoms with E-state index in [0.29, 0.717) is 6.42 Å². The maximum atomic E-state index is 12.2. The predicted octanol–water partition coefficient (Wildman–Crippen LogP) is 0.662. The minimum absolute atomic E-state index is 0.0518. The Morgan fingerprint density at radius 1 is 1.10 bits per heavy atom. The predicted molar refractivity (Wildman–Crippen MR) is 86.4 cm³/mol. The quantitative estimate of drug-likeness (QED) is 0.756. The zero-order chi connectivity index (χ0) is 15.1. The van der Waals surface area contributed by atoms with Gasteiger partial charge in [0.1, 0.15) is 0 Å². The van der Waals surface area contributed by atoms with Crippen LogP contribution in [-0.4, -0.2) is 74.6 Å². The first-order valence-corrected chi connectivity index (χ1v) is 8.50. The fraction of sp³-hybridized carbons (Fsp3) is 0.938. The Morgan fingerprint density at radius 2 is 1.76 bits per heavy atom. The number of nitrogens with one attached hydrogen (secondary N) is 2. The van der Waals surface area contributed by atoms with Gasteiger partial charge < -0.3 is 15.5 Å². The van der Waals surface area contributed by atoms with Gasteiger partial charge in [-0.3, -0.25) is 9.69 Å². The number of piperazine rings is 1. The zero-order valence-corrected chi connectivity index (χ0v) is 13.8. The average Bonchev–Trinajstić information content (AvgIpc) is 2.50. The Bertz CT molecular complexity index is 320. The maximum absolute atomic E-state index is 12.2. The minimum Gasteiger partial charge on any atom is -0.355 e. The Labute approximate surface area is 129 Å². The highest BCUT2D eigenvalue weighted by Crippen LogP contribution is 2.30. The van der Waals surface area contributed by atoms with Gasteiger partial charge in [-0.2, -0.15) is 0 Å². The van der Waals surface area contributed by atoms with Crippen LogP contribution in [-0.2, 0) is 4.79 Å². The Morgan fingerprint density at radius 3 is 2.38 bits per heavy atom. The van der Waals surface area contributed by atoms with Crippen molar-refractivity contribution in [2.24, 2.45) is 0 Å². The molecule has 5 nitrogen and oxygen atoms in total. The number of carbonyl (C=O) groups excluding carboxylic acids is 1. The molecule has 1 aliphatic carbocycles. The average molecular weight is 296 g/mol. The van der Waals surface area contributed by atoms with Crippen LogP contribution in [0.25, 0.3) is 0 Å². The van der Waals surface area contributed by atoms with Crippen molar-refractivity contribution < 1.29 is 4.79 Å². The molecule has 1 aliphatic heterocycles. The summed E-state index contributed by atoms with van der Waals surface area (Å²) in [6.45, 7) is 6.27. The second-order valence-electron chi connectivity index (χ2n) is 6.76. The molecule has 0 atom stereocenters. The molecule has 0 aromatic heterocycles. The number of likely N-dealkylation sites (N-methyl/N-ethyl adjacent to an activating group) is 1. The highest BCUT2D eigenvalue weighted by atomic mass is 16.1. The van der Waals surface area contributed by atoms with E-state index >= 15 is 0 Å². The van der Waals surface area contributed by atoms with Crippen LogP contribution in [0.4, 0.5) is 0 Å². The molecule has 2 rings (SSSR count). The van der Waals surface area contributed by atoms with Crippen molar-refractivity contribution in [3.63, 3.8) is 0 Å². The fourth-order valence-electron chi connectivity index (χ4n) is 3.54. The van der Waals surface area contributed by atoms with Gasteiger partial charge in [-0.1, -0.05) is 19.3 Å². The molecule has 0 spiro atoms. The summed E-state index contributed by atoms with van der Waals surface area (Å²) in [4.78, 5) is 17.0. The van der Waals surface area contributed by atoms with Crippen LogP contribution in [0.5, 0.6) is 0 Å². The van der Waals surface area contributed by atoms with E-state index in [1.54, 1.807) is 0 Å². The van der Waals surface area contributed by atoms with Crippen molar-refractivity contribution in [1.29, 1.82) is 0 Å². The van der Waals surface area contributed by atoms with Gasteiger partial charge >= 0.3 is 0 Å². The molecule has 5 heteroatoms. The first-order valence-electron chi connectivity index (χ1n) is 8.50. The van der Waals surface area contributed by atoms with Crippen LogP contribution in [0.2, 0.25) is 0 Å². The van der Waals surface area contributed by atoms with Crippen LogP contribution in [0.3, 0.4) is 0 Å². The molecule has 1 amide bonds. The molecule has 122 valence electrons. The summed E-state index contributed by atoms with van der Waals surface area (Å²) in [6, 6.07) is 0. The van der Waals surface area contributed by atoms with Gasteiger partial charge in [0, 0.05) is 51.2 Å².